The summed E-state index contributed by atoms with van der Waals surface area (Å²) in [4.78, 5) is 2.19. The van der Waals surface area contributed by atoms with Crippen LogP contribution in [0, 0.1) is 0 Å². The number of aliphatic hydroxyl groups excluding tert-OH is 1. The molecule has 2 aromatic rings. The monoisotopic (exact) mass is 319 g/mol. The summed E-state index contributed by atoms with van der Waals surface area (Å²) in [7, 11) is 2.07. The molecule has 2 aromatic carbocycles. The minimum Gasteiger partial charge on any atom is -0.389 e. The second-order valence-electron chi connectivity index (χ2n) is 4.71. The molecule has 100 valence electrons. The molecule has 0 bridgehead atoms. The second kappa shape index (κ2) is 6.22. The van der Waals surface area contributed by atoms with Gasteiger partial charge in [0.2, 0.25) is 0 Å². The van der Waals surface area contributed by atoms with Gasteiger partial charge >= 0.3 is 0 Å². The van der Waals surface area contributed by atoms with E-state index in [2.05, 4.69) is 40.0 Å². The highest BCUT2D eigenvalue weighted by molar-refractivity contribution is 9.10. The summed E-state index contributed by atoms with van der Waals surface area (Å²) >= 11 is 3.57. The number of nitrogens with zero attached hydrogens (tertiary/aromatic N) is 1. The molecule has 0 unspecified atom stereocenters. The summed E-state index contributed by atoms with van der Waals surface area (Å²) in [5, 5.41) is 9.50. The van der Waals surface area contributed by atoms with E-state index in [1.54, 1.807) is 6.92 Å². The zero-order valence-electron chi connectivity index (χ0n) is 11.2. The molecule has 3 heteroatoms. The normalized spacial score (nSPS) is 12.2. The number of aliphatic hydroxyl groups is 1. The van der Waals surface area contributed by atoms with Crippen LogP contribution < -0.4 is 4.90 Å². The van der Waals surface area contributed by atoms with Gasteiger partial charge in [0.25, 0.3) is 0 Å². The van der Waals surface area contributed by atoms with Gasteiger partial charge in [-0.1, -0.05) is 46.3 Å². The Morgan fingerprint density at radius 2 is 1.74 bits per heavy atom. The maximum Gasteiger partial charge on any atom is 0.0761 e. The van der Waals surface area contributed by atoms with Crippen LogP contribution in [0.2, 0.25) is 0 Å². The van der Waals surface area contributed by atoms with Crippen LogP contribution in [-0.4, -0.2) is 12.2 Å². The van der Waals surface area contributed by atoms with Gasteiger partial charge in [0, 0.05) is 23.8 Å². The molecule has 0 spiro atoms. The third kappa shape index (κ3) is 3.58. The van der Waals surface area contributed by atoms with Gasteiger partial charge in [-0.3, -0.25) is 0 Å². The van der Waals surface area contributed by atoms with Gasteiger partial charge in [-0.2, -0.15) is 0 Å². The molecular weight excluding hydrogens is 302 g/mol. The Kier molecular flexibility index (Phi) is 4.61. The van der Waals surface area contributed by atoms with Gasteiger partial charge in [-0.15, -0.1) is 0 Å². The van der Waals surface area contributed by atoms with Gasteiger partial charge in [0.15, 0.2) is 0 Å². The van der Waals surface area contributed by atoms with Crippen LogP contribution in [0.3, 0.4) is 0 Å². The third-order valence-corrected chi connectivity index (χ3v) is 3.96. The van der Waals surface area contributed by atoms with Crippen LogP contribution in [-0.2, 0) is 6.54 Å². The molecule has 1 atom stereocenters. The van der Waals surface area contributed by atoms with Crippen LogP contribution in [0.5, 0.6) is 0 Å². The summed E-state index contributed by atoms with van der Waals surface area (Å²) in [6.45, 7) is 2.62. The van der Waals surface area contributed by atoms with Gasteiger partial charge in [-0.05, 0) is 36.2 Å². The van der Waals surface area contributed by atoms with Crippen molar-refractivity contribution >= 4 is 21.6 Å². The number of anilines is 1. The van der Waals surface area contributed by atoms with E-state index in [-0.39, 0.29) is 0 Å². The van der Waals surface area contributed by atoms with Crippen molar-refractivity contribution in [2.75, 3.05) is 11.9 Å². The van der Waals surface area contributed by atoms with Gasteiger partial charge in [0.05, 0.1) is 6.10 Å². The van der Waals surface area contributed by atoms with E-state index in [1.807, 2.05) is 36.4 Å². The molecule has 1 N–H and O–H groups in total. The predicted octanol–water partition coefficient (Wildman–Crippen LogP) is 4.14. The lowest BCUT2D eigenvalue weighted by atomic mass is 10.1. The fraction of sp³-hybridized carbons (Fsp3) is 0.250. The molecule has 0 aliphatic rings. The highest BCUT2D eigenvalue weighted by Gasteiger charge is 2.06. The quantitative estimate of drug-likeness (QED) is 0.915. The minimum atomic E-state index is -0.414. The van der Waals surface area contributed by atoms with Crippen molar-refractivity contribution in [2.45, 2.75) is 19.6 Å². The van der Waals surface area contributed by atoms with Crippen molar-refractivity contribution in [3.63, 3.8) is 0 Å². The first-order chi connectivity index (χ1) is 9.08. The number of hydrogen-bond acceptors (Lipinski definition) is 2. The lowest BCUT2D eigenvalue weighted by molar-refractivity contribution is 0.199. The SMILES string of the molecule is C[C@H](O)c1ccc(N(C)Cc2ccccc2Br)cc1. The van der Waals surface area contributed by atoms with Crippen molar-refractivity contribution in [3.8, 4) is 0 Å². The lowest BCUT2D eigenvalue weighted by Crippen LogP contribution is -2.16. The van der Waals surface area contributed by atoms with E-state index in [9.17, 15) is 5.11 Å². The van der Waals surface area contributed by atoms with Crippen molar-refractivity contribution < 1.29 is 5.11 Å². The second-order valence-corrected chi connectivity index (χ2v) is 5.57. The summed E-state index contributed by atoms with van der Waals surface area (Å²) in [6, 6.07) is 16.3. The van der Waals surface area contributed by atoms with Crippen LogP contribution in [0.25, 0.3) is 0 Å². The number of rotatable bonds is 4. The average Bonchev–Trinajstić information content (AvgIpc) is 2.41. The topological polar surface area (TPSA) is 23.5 Å². The van der Waals surface area contributed by atoms with E-state index < -0.39 is 6.10 Å². The van der Waals surface area contributed by atoms with Crippen LogP contribution in [0.1, 0.15) is 24.2 Å². The Morgan fingerprint density at radius 3 is 2.32 bits per heavy atom. The molecule has 0 saturated heterocycles. The van der Waals surface area contributed by atoms with Gasteiger partial charge < -0.3 is 10.0 Å². The van der Waals surface area contributed by atoms with Crippen molar-refractivity contribution in [1.29, 1.82) is 0 Å². The molecule has 0 aliphatic carbocycles. The fourth-order valence-electron chi connectivity index (χ4n) is 1.98. The Balaban J connectivity index is 2.12. The fourth-order valence-corrected chi connectivity index (χ4v) is 2.39. The van der Waals surface area contributed by atoms with Crippen molar-refractivity contribution in [2.24, 2.45) is 0 Å². The van der Waals surface area contributed by atoms with E-state index >= 15 is 0 Å². The Hall–Kier alpha value is -1.32. The molecule has 0 amide bonds. The van der Waals surface area contributed by atoms with E-state index in [0.717, 1.165) is 22.3 Å². The molecule has 0 saturated carbocycles. The number of halogens is 1. The minimum absolute atomic E-state index is 0.414. The molecule has 0 aliphatic heterocycles. The third-order valence-electron chi connectivity index (χ3n) is 3.18. The zero-order valence-corrected chi connectivity index (χ0v) is 12.8. The van der Waals surface area contributed by atoms with Gasteiger partial charge in [-0.25, -0.2) is 0 Å². The Morgan fingerprint density at radius 1 is 1.11 bits per heavy atom. The maximum absolute atomic E-state index is 9.50. The number of hydrogen-bond donors (Lipinski definition) is 1. The molecule has 0 aromatic heterocycles. The zero-order chi connectivity index (χ0) is 13.8. The molecule has 0 fully saturated rings. The molecule has 2 rings (SSSR count). The van der Waals surface area contributed by atoms with Crippen LogP contribution >= 0.6 is 15.9 Å². The first-order valence-corrected chi connectivity index (χ1v) is 7.10. The molecular formula is C16H18BrNO. The standard InChI is InChI=1S/C16H18BrNO/c1-12(19)13-7-9-15(10-8-13)18(2)11-14-5-3-4-6-16(14)17/h3-10,12,19H,11H2,1-2H3/t12-/m0/s1. The number of benzene rings is 2. The average molecular weight is 320 g/mol. The lowest BCUT2D eigenvalue weighted by Gasteiger charge is -2.20. The Bertz CT molecular complexity index is 537. The van der Waals surface area contributed by atoms with E-state index in [1.165, 1.54) is 5.56 Å². The van der Waals surface area contributed by atoms with E-state index in [0.29, 0.717) is 0 Å². The summed E-state index contributed by atoms with van der Waals surface area (Å²) < 4.78 is 1.13. The summed E-state index contributed by atoms with van der Waals surface area (Å²) in [5.74, 6) is 0. The van der Waals surface area contributed by atoms with Crippen LogP contribution in [0.15, 0.2) is 53.0 Å². The van der Waals surface area contributed by atoms with Crippen molar-refractivity contribution in [1.82, 2.24) is 0 Å². The van der Waals surface area contributed by atoms with Crippen LogP contribution in [0.4, 0.5) is 5.69 Å². The summed E-state index contributed by atoms with van der Waals surface area (Å²) in [5.41, 5.74) is 3.34. The van der Waals surface area contributed by atoms with Gasteiger partial charge in [0.1, 0.15) is 0 Å². The molecule has 0 radical (unpaired) electrons. The smallest absolute Gasteiger partial charge is 0.0761 e. The first kappa shape index (κ1) is 14.1. The largest absolute Gasteiger partial charge is 0.389 e. The highest BCUT2D eigenvalue weighted by atomic mass is 79.9. The van der Waals surface area contributed by atoms with Crippen molar-refractivity contribution in [3.05, 3.63) is 64.1 Å². The first-order valence-electron chi connectivity index (χ1n) is 6.30. The molecule has 19 heavy (non-hydrogen) atoms. The molecule has 2 nitrogen and oxygen atoms in total. The maximum atomic E-state index is 9.50. The predicted molar refractivity (Wildman–Crippen MR) is 83.3 cm³/mol. The summed E-state index contributed by atoms with van der Waals surface area (Å²) in [6.07, 6.45) is -0.414. The Labute approximate surface area is 122 Å². The highest BCUT2D eigenvalue weighted by Crippen LogP contribution is 2.22. The van der Waals surface area contributed by atoms with E-state index in [4.69, 9.17) is 0 Å². The molecule has 0 heterocycles.